The molecular weight excluding hydrogens is 275 g/mol. The van der Waals surface area contributed by atoms with Crippen LogP contribution in [0.15, 0.2) is 23.0 Å². The zero-order valence-electron chi connectivity index (χ0n) is 9.50. The highest BCUT2D eigenvalue weighted by atomic mass is 35.5. The fourth-order valence-corrected chi connectivity index (χ4v) is 2.58. The number of halogens is 2. The van der Waals surface area contributed by atoms with Gasteiger partial charge in [0.05, 0.1) is 28.0 Å². The van der Waals surface area contributed by atoms with E-state index in [4.69, 9.17) is 23.2 Å². The van der Waals surface area contributed by atoms with E-state index in [1.165, 1.54) is 0 Å². The summed E-state index contributed by atoms with van der Waals surface area (Å²) in [7, 11) is 0. The van der Waals surface area contributed by atoms with Gasteiger partial charge in [-0.1, -0.05) is 23.2 Å². The zero-order chi connectivity index (χ0) is 12.4. The lowest BCUT2D eigenvalue weighted by Crippen LogP contribution is -2.07. The van der Waals surface area contributed by atoms with E-state index in [0.29, 0.717) is 10.0 Å². The van der Waals surface area contributed by atoms with Crippen LogP contribution in [0.4, 0.5) is 5.69 Å². The summed E-state index contributed by atoms with van der Waals surface area (Å²) in [6, 6.07) is 3.82. The molecule has 1 aromatic heterocycles. The molecule has 2 rings (SSSR count). The fraction of sp³-hybridized carbons (Fsp3) is 0.250. The van der Waals surface area contributed by atoms with Crippen LogP contribution in [-0.2, 0) is 0 Å². The van der Waals surface area contributed by atoms with Crippen LogP contribution in [0, 0.1) is 6.92 Å². The lowest BCUT2D eigenvalue weighted by molar-refractivity contribution is 0.850. The quantitative estimate of drug-likeness (QED) is 0.865. The van der Waals surface area contributed by atoms with Crippen molar-refractivity contribution in [3.63, 3.8) is 0 Å². The van der Waals surface area contributed by atoms with Gasteiger partial charge in [0.25, 0.3) is 0 Å². The Kier molecular flexibility index (Phi) is 3.92. The second-order valence-electron chi connectivity index (χ2n) is 3.86. The van der Waals surface area contributed by atoms with Crippen molar-refractivity contribution < 1.29 is 0 Å². The maximum atomic E-state index is 6.17. The molecule has 0 aliphatic rings. The summed E-state index contributed by atoms with van der Waals surface area (Å²) in [4.78, 5) is 4.26. The molecule has 0 amide bonds. The molecule has 0 aliphatic heterocycles. The molecule has 0 bridgehead atoms. The van der Waals surface area contributed by atoms with Crippen LogP contribution in [0.3, 0.4) is 0 Å². The van der Waals surface area contributed by atoms with Gasteiger partial charge in [-0.2, -0.15) is 0 Å². The van der Waals surface area contributed by atoms with Gasteiger partial charge < -0.3 is 5.32 Å². The van der Waals surface area contributed by atoms with Crippen molar-refractivity contribution in [3.05, 3.63) is 44.3 Å². The SMILES string of the molecule is Cc1cc(Cl)c(NC(C)c2cscn2)cc1Cl. The third-order valence-electron chi connectivity index (χ3n) is 2.52. The zero-order valence-corrected chi connectivity index (χ0v) is 11.8. The Balaban J connectivity index is 2.22. The topological polar surface area (TPSA) is 24.9 Å². The number of nitrogens with zero attached hydrogens (tertiary/aromatic N) is 1. The van der Waals surface area contributed by atoms with Gasteiger partial charge in [-0.25, -0.2) is 4.98 Å². The van der Waals surface area contributed by atoms with Gasteiger partial charge >= 0.3 is 0 Å². The molecule has 17 heavy (non-hydrogen) atoms. The maximum Gasteiger partial charge on any atom is 0.0795 e. The Morgan fingerprint density at radius 1 is 1.29 bits per heavy atom. The average Bonchev–Trinajstić information content (AvgIpc) is 2.79. The van der Waals surface area contributed by atoms with Crippen molar-refractivity contribution >= 4 is 40.2 Å². The van der Waals surface area contributed by atoms with Crippen LogP contribution >= 0.6 is 34.5 Å². The lowest BCUT2D eigenvalue weighted by Gasteiger charge is -2.15. The van der Waals surface area contributed by atoms with Gasteiger partial charge in [-0.3, -0.25) is 0 Å². The molecule has 1 heterocycles. The van der Waals surface area contributed by atoms with Gasteiger partial charge in [0.2, 0.25) is 0 Å². The van der Waals surface area contributed by atoms with Crippen molar-refractivity contribution in [1.29, 1.82) is 0 Å². The molecule has 0 saturated heterocycles. The van der Waals surface area contributed by atoms with E-state index >= 15 is 0 Å². The van der Waals surface area contributed by atoms with E-state index in [1.807, 2.05) is 36.9 Å². The Hall–Kier alpha value is -0.770. The average molecular weight is 287 g/mol. The van der Waals surface area contributed by atoms with Gasteiger partial charge in [-0.15, -0.1) is 11.3 Å². The van der Waals surface area contributed by atoms with Crippen molar-refractivity contribution in [2.45, 2.75) is 19.9 Å². The predicted molar refractivity (Wildman–Crippen MR) is 75.4 cm³/mol. The van der Waals surface area contributed by atoms with Crippen LogP contribution in [0.2, 0.25) is 10.0 Å². The number of rotatable bonds is 3. The van der Waals surface area contributed by atoms with E-state index in [-0.39, 0.29) is 6.04 Å². The summed E-state index contributed by atoms with van der Waals surface area (Å²) in [6.45, 7) is 3.97. The van der Waals surface area contributed by atoms with E-state index in [9.17, 15) is 0 Å². The molecule has 0 aliphatic carbocycles. The summed E-state index contributed by atoms with van der Waals surface area (Å²) in [6.07, 6.45) is 0. The largest absolute Gasteiger partial charge is 0.376 e. The van der Waals surface area contributed by atoms with Crippen molar-refractivity contribution in [2.75, 3.05) is 5.32 Å². The number of benzene rings is 1. The second kappa shape index (κ2) is 5.25. The van der Waals surface area contributed by atoms with Crippen LogP contribution in [0.1, 0.15) is 24.2 Å². The molecule has 0 spiro atoms. The molecule has 0 saturated carbocycles. The fourth-order valence-electron chi connectivity index (χ4n) is 1.50. The number of aryl methyl sites for hydroxylation is 1. The molecule has 2 nitrogen and oxygen atoms in total. The molecule has 5 heteroatoms. The maximum absolute atomic E-state index is 6.17. The highest BCUT2D eigenvalue weighted by Gasteiger charge is 2.10. The minimum Gasteiger partial charge on any atom is -0.376 e. The first-order valence-corrected chi connectivity index (χ1v) is 6.88. The minimum absolute atomic E-state index is 0.109. The normalized spacial score (nSPS) is 12.5. The molecule has 1 atom stereocenters. The molecule has 0 fully saturated rings. The monoisotopic (exact) mass is 286 g/mol. The number of thiazole rings is 1. The van der Waals surface area contributed by atoms with Crippen LogP contribution in [0.5, 0.6) is 0 Å². The van der Waals surface area contributed by atoms with Gasteiger partial charge in [0, 0.05) is 10.4 Å². The van der Waals surface area contributed by atoms with Crippen LogP contribution in [-0.4, -0.2) is 4.98 Å². The van der Waals surface area contributed by atoms with Gasteiger partial charge in [-0.05, 0) is 31.5 Å². The first kappa shape index (κ1) is 12.7. The molecule has 1 unspecified atom stereocenters. The summed E-state index contributed by atoms with van der Waals surface area (Å²) in [5.41, 5.74) is 4.63. The number of aromatic nitrogens is 1. The molecule has 1 N–H and O–H groups in total. The van der Waals surface area contributed by atoms with Crippen molar-refractivity contribution in [1.82, 2.24) is 4.98 Å². The van der Waals surface area contributed by atoms with Crippen molar-refractivity contribution in [2.24, 2.45) is 0 Å². The first-order valence-electron chi connectivity index (χ1n) is 5.18. The van der Waals surface area contributed by atoms with Crippen LogP contribution in [0.25, 0.3) is 0 Å². The lowest BCUT2D eigenvalue weighted by atomic mass is 10.2. The highest BCUT2D eigenvalue weighted by molar-refractivity contribution is 7.07. The molecule has 2 aromatic rings. The standard InChI is InChI=1S/C12H12Cl2N2S/c1-7-3-10(14)11(4-9(7)13)16-8(2)12-5-17-6-15-12/h3-6,8,16H,1-2H3. The van der Waals surface area contributed by atoms with E-state index < -0.39 is 0 Å². The van der Waals surface area contributed by atoms with Crippen molar-refractivity contribution in [3.8, 4) is 0 Å². The number of hydrogen-bond acceptors (Lipinski definition) is 3. The molecular formula is C12H12Cl2N2S. The first-order chi connectivity index (χ1) is 8.08. The van der Waals surface area contributed by atoms with Crippen LogP contribution < -0.4 is 5.32 Å². The highest BCUT2D eigenvalue weighted by Crippen LogP contribution is 2.31. The molecule has 1 aromatic carbocycles. The Labute approximate surface area is 115 Å². The Morgan fingerprint density at radius 2 is 2.06 bits per heavy atom. The summed E-state index contributed by atoms with van der Waals surface area (Å²) < 4.78 is 0. The third-order valence-corrected chi connectivity index (χ3v) is 3.84. The second-order valence-corrected chi connectivity index (χ2v) is 5.39. The smallest absolute Gasteiger partial charge is 0.0795 e. The molecule has 90 valence electrons. The minimum atomic E-state index is 0.109. The number of hydrogen-bond donors (Lipinski definition) is 1. The third kappa shape index (κ3) is 2.92. The van der Waals surface area contributed by atoms with E-state index in [2.05, 4.69) is 10.3 Å². The number of anilines is 1. The number of nitrogens with one attached hydrogen (secondary N) is 1. The predicted octanol–water partition coefficient (Wildman–Crippen LogP) is 4.93. The summed E-state index contributed by atoms with van der Waals surface area (Å²) >= 11 is 13.8. The Bertz CT molecular complexity index is 511. The Morgan fingerprint density at radius 3 is 2.71 bits per heavy atom. The van der Waals surface area contributed by atoms with E-state index in [1.54, 1.807) is 11.3 Å². The summed E-state index contributed by atoms with van der Waals surface area (Å²) in [5, 5.41) is 6.71. The summed E-state index contributed by atoms with van der Waals surface area (Å²) in [5.74, 6) is 0. The van der Waals surface area contributed by atoms with Gasteiger partial charge in [0.1, 0.15) is 0 Å². The van der Waals surface area contributed by atoms with E-state index in [0.717, 1.165) is 16.9 Å². The molecule has 0 radical (unpaired) electrons. The van der Waals surface area contributed by atoms with Gasteiger partial charge in [0.15, 0.2) is 0 Å².